The molecular weight excluding hydrogens is 396 g/mol. The van der Waals surface area contributed by atoms with Crippen LogP contribution in [0.1, 0.15) is 33.4 Å². The van der Waals surface area contributed by atoms with Gasteiger partial charge in [0, 0.05) is 22.3 Å². The Hall–Kier alpha value is -4.18. The van der Waals surface area contributed by atoms with Crippen LogP contribution in [0.5, 0.6) is 11.5 Å². The number of aryl methyl sites for hydroxylation is 2. The van der Waals surface area contributed by atoms with Crippen LogP contribution in [0.3, 0.4) is 0 Å². The van der Waals surface area contributed by atoms with Crippen LogP contribution < -0.4 is 0 Å². The first-order valence-corrected chi connectivity index (χ1v) is 10.4. The van der Waals surface area contributed by atoms with Crippen molar-refractivity contribution >= 4 is 11.4 Å². The van der Waals surface area contributed by atoms with E-state index in [1.807, 2.05) is 98.8 Å². The van der Waals surface area contributed by atoms with Gasteiger partial charge < -0.3 is 10.2 Å². The zero-order valence-electron chi connectivity index (χ0n) is 18.0. The van der Waals surface area contributed by atoms with Crippen molar-refractivity contribution in [1.29, 1.82) is 0 Å². The third-order valence-corrected chi connectivity index (χ3v) is 5.16. The summed E-state index contributed by atoms with van der Waals surface area (Å²) < 4.78 is 0. The largest absolute Gasteiger partial charge is 0.507 e. The minimum Gasteiger partial charge on any atom is -0.507 e. The monoisotopic (exact) mass is 420 g/mol. The maximum Gasteiger partial charge on any atom is 0.125 e. The van der Waals surface area contributed by atoms with Gasteiger partial charge in [0.05, 0.1) is 0 Å². The number of hydrogen-bond donors (Lipinski definition) is 2. The summed E-state index contributed by atoms with van der Waals surface area (Å²) >= 11 is 0. The van der Waals surface area contributed by atoms with Gasteiger partial charge in [0.15, 0.2) is 0 Å². The van der Waals surface area contributed by atoms with Crippen molar-refractivity contribution in [3.05, 3.63) is 130 Å². The van der Waals surface area contributed by atoms with Gasteiger partial charge in [-0.1, -0.05) is 83.9 Å². The molecule has 4 nitrogen and oxygen atoms in total. The lowest BCUT2D eigenvalue weighted by Gasteiger charge is -2.11. The van der Waals surface area contributed by atoms with E-state index in [1.165, 1.54) is 0 Å². The molecule has 0 bridgehead atoms. The van der Waals surface area contributed by atoms with E-state index in [1.54, 1.807) is 12.1 Å². The lowest BCUT2D eigenvalue weighted by Crippen LogP contribution is -2.07. The number of benzene rings is 4. The molecule has 0 fully saturated rings. The highest BCUT2D eigenvalue weighted by Gasteiger charge is 2.15. The molecule has 158 valence electrons. The highest BCUT2D eigenvalue weighted by molar-refractivity contribution is 6.17. The van der Waals surface area contributed by atoms with Gasteiger partial charge in [-0.25, -0.2) is 0 Å². The molecule has 0 aliphatic carbocycles. The van der Waals surface area contributed by atoms with Crippen molar-refractivity contribution in [1.82, 2.24) is 0 Å². The maximum absolute atomic E-state index is 10.6. The first-order valence-electron chi connectivity index (χ1n) is 10.4. The second-order valence-corrected chi connectivity index (χ2v) is 7.67. The Bertz CT molecular complexity index is 1190. The van der Waals surface area contributed by atoms with E-state index in [0.29, 0.717) is 22.6 Å². The van der Waals surface area contributed by atoms with Gasteiger partial charge >= 0.3 is 0 Å². The van der Waals surface area contributed by atoms with Crippen molar-refractivity contribution in [2.75, 3.05) is 0 Å². The molecule has 0 aliphatic heterocycles. The highest BCUT2D eigenvalue weighted by atomic mass is 16.3. The van der Waals surface area contributed by atoms with E-state index in [-0.39, 0.29) is 11.5 Å². The smallest absolute Gasteiger partial charge is 0.125 e. The van der Waals surface area contributed by atoms with Crippen LogP contribution in [0.2, 0.25) is 0 Å². The zero-order valence-corrected chi connectivity index (χ0v) is 18.0. The van der Waals surface area contributed by atoms with Crippen molar-refractivity contribution in [2.45, 2.75) is 13.8 Å². The number of phenolic OH excluding ortho intramolecular Hbond substituents is 2. The number of phenols is 2. The molecule has 2 N–H and O–H groups in total. The molecule has 0 saturated heterocycles. The molecule has 0 aromatic heterocycles. The van der Waals surface area contributed by atoms with E-state index in [2.05, 4.69) is 10.2 Å². The summed E-state index contributed by atoms with van der Waals surface area (Å²) in [5.41, 5.74) is 5.97. The Morgan fingerprint density at radius 1 is 0.531 bits per heavy atom. The molecule has 0 atom stereocenters. The average molecular weight is 421 g/mol. The second kappa shape index (κ2) is 9.31. The maximum atomic E-state index is 10.6. The quantitative estimate of drug-likeness (QED) is 0.307. The van der Waals surface area contributed by atoms with Gasteiger partial charge in [0.1, 0.15) is 22.9 Å². The number of hydrogen-bond acceptors (Lipinski definition) is 4. The fourth-order valence-corrected chi connectivity index (χ4v) is 3.51. The van der Waals surface area contributed by atoms with Gasteiger partial charge in [-0.15, -0.1) is 10.2 Å². The van der Waals surface area contributed by atoms with Crippen LogP contribution in [0, 0.1) is 13.8 Å². The topological polar surface area (TPSA) is 65.2 Å². The average Bonchev–Trinajstić information content (AvgIpc) is 2.82. The number of aromatic hydroxyl groups is 2. The van der Waals surface area contributed by atoms with Crippen LogP contribution in [-0.2, 0) is 0 Å². The van der Waals surface area contributed by atoms with E-state index in [0.717, 1.165) is 22.3 Å². The third-order valence-electron chi connectivity index (χ3n) is 5.16. The summed E-state index contributed by atoms with van der Waals surface area (Å²) in [5, 5.41) is 30.4. The predicted octanol–water partition coefficient (Wildman–Crippen LogP) is 6.00. The van der Waals surface area contributed by atoms with Crippen LogP contribution >= 0.6 is 0 Å². The van der Waals surface area contributed by atoms with E-state index in [4.69, 9.17) is 0 Å². The fraction of sp³-hybridized carbons (Fsp3) is 0.0714. The molecule has 32 heavy (non-hydrogen) atoms. The summed E-state index contributed by atoms with van der Waals surface area (Å²) in [6.45, 7) is 3.93. The minimum atomic E-state index is 0.132. The summed E-state index contributed by atoms with van der Waals surface area (Å²) in [6.07, 6.45) is 0. The van der Waals surface area contributed by atoms with Gasteiger partial charge in [-0.2, -0.15) is 0 Å². The molecule has 0 aliphatic rings. The first kappa shape index (κ1) is 21.1. The normalized spacial score (nSPS) is 12.1. The first-order chi connectivity index (χ1) is 15.5. The molecule has 4 heteroatoms. The van der Waals surface area contributed by atoms with Crippen molar-refractivity contribution in [2.24, 2.45) is 10.2 Å². The Morgan fingerprint density at radius 3 is 1.28 bits per heavy atom. The van der Waals surface area contributed by atoms with Crippen LogP contribution in [-0.4, -0.2) is 21.6 Å². The van der Waals surface area contributed by atoms with Gasteiger partial charge in [-0.05, 0) is 38.1 Å². The van der Waals surface area contributed by atoms with Crippen molar-refractivity contribution in [3.63, 3.8) is 0 Å². The Balaban J connectivity index is 1.96. The lowest BCUT2D eigenvalue weighted by molar-refractivity contribution is 0.473. The standard InChI is InChI=1S/C28H24N2O2/c1-19-13-15-25(31)23(17-19)27(21-9-5-3-6-10-21)29-30-28(22-11-7-4-8-12-22)24-18-20(2)14-16-26(24)32/h3-18,31-32H,1-2H3/b29-27-,30-28-. The summed E-state index contributed by atoms with van der Waals surface area (Å²) in [6, 6.07) is 30.1. The van der Waals surface area contributed by atoms with E-state index in [9.17, 15) is 10.2 Å². The fourth-order valence-electron chi connectivity index (χ4n) is 3.51. The Labute approximate surface area is 187 Å². The lowest BCUT2D eigenvalue weighted by atomic mass is 9.99. The van der Waals surface area contributed by atoms with Crippen molar-refractivity contribution in [3.8, 4) is 11.5 Å². The Morgan fingerprint density at radius 2 is 0.906 bits per heavy atom. The summed E-state index contributed by atoms with van der Waals surface area (Å²) in [7, 11) is 0. The molecule has 4 aromatic carbocycles. The SMILES string of the molecule is Cc1ccc(O)c(/C(=N\N=C(\c2ccccc2)c2cc(C)ccc2O)c2ccccc2)c1. The molecule has 0 heterocycles. The van der Waals surface area contributed by atoms with Gasteiger partial charge in [-0.3, -0.25) is 0 Å². The van der Waals surface area contributed by atoms with E-state index >= 15 is 0 Å². The zero-order chi connectivity index (χ0) is 22.5. The molecule has 4 rings (SSSR count). The van der Waals surface area contributed by atoms with E-state index < -0.39 is 0 Å². The predicted molar refractivity (Wildman–Crippen MR) is 130 cm³/mol. The number of nitrogens with zero attached hydrogens (tertiary/aromatic N) is 2. The molecular formula is C28H24N2O2. The molecule has 0 spiro atoms. The third kappa shape index (κ3) is 4.60. The highest BCUT2D eigenvalue weighted by Crippen LogP contribution is 2.25. The summed E-state index contributed by atoms with van der Waals surface area (Å²) in [5.74, 6) is 0.265. The van der Waals surface area contributed by atoms with Crippen LogP contribution in [0.25, 0.3) is 0 Å². The molecule has 0 amide bonds. The Kier molecular flexibility index (Phi) is 6.13. The van der Waals surface area contributed by atoms with Gasteiger partial charge in [0.25, 0.3) is 0 Å². The van der Waals surface area contributed by atoms with Crippen LogP contribution in [0.15, 0.2) is 107 Å². The molecule has 4 aromatic rings. The van der Waals surface area contributed by atoms with Crippen molar-refractivity contribution < 1.29 is 10.2 Å². The second-order valence-electron chi connectivity index (χ2n) is 7.67. The molecule has 0 radical (unpaired) electrons. The molecule has 0 saturated carbocycles. The molecule has 0 unspecified atom stereocenters. The summed E-state index contributed by atoms with van der Waals surface area (Å²) in [4.78, 5) is 0. The minimum absolute atomic E-state index is 0.132. The number of rotatable bonds is 5. The van der Waals surface area contributed by atoms with Crippen LogP contribution in [0.4, 0.5) is 0 Å². The van der Waals surface area contributed by atoms with Gasteiger partial charge in [0.2, 0.25) is 0 Å².